The Balaban J connectivity index is 1.53. The molecule has 224 valence electrons. The second kappa shape index (κ2) is 10.6. The molecule has 0 fully saturated rings. The van der Waals surface area contributed by atoms with Gasteiger partial charge in [-0.25, -0.2) is 0 Å². The van der Waals surface area contributed by atoms with E-state index in [9.17, 15) is 0 Å². The van der Waals surface area contributed by atoms with Crippen molar-refractivity contribution in [3.8, 4) is 0 Å². The van der Waals surface area contributed by atoms with Crippen LogP contribution < -0.4 is 36.6 Å². The summed E-state index contributed by atoms with van der Waals surface area (Å²) in [6, 6.07) is 48.4. The highest BCUT2D eigenvalue weighted by molar-refractivity contribution is 7.04. The van der Waals surface area contributed by atoms with Crippen molar-refractivity contribution in [2.75, 3.05) is 9.80 Å². The van der Waals surface area contributed by atoms with Crippen LogP contribution >= 0.6 is 0 Å². The maximum atomic E-state index is 2.59. The molecule has 4 heteroatoms. The lowest BCUT2D eigenvalue weighted by atomic mass is 9.33. The Morgan fingerprint density at radius 1 is 0.478 bits per heavy atom. The number of benzene rings is 6. The molecule has 0 atom stereocenters. The third-order valence-corrected chi connectivity index (χ3v) is 13.7. The molecule has 6 aromatic rings. The van der Waals surface area contributed by atoms with Crippen molar-refractivity contribution < 1.29 is 0 Å². The van der Waals surface area contributed by atoms with E-state index in [1.165, 1.54) is 83.1 Å². The summed E-state index contributed by atoms with van der Waals surface area (Å²) in [6.07, 6.45) is 0. The molecule has 2 aliphatic heterocycles. The number of aryl methyl sites for hydroxylation is 4. The van der Waals surface area contributed by atoms with Crippen molar-refractivity contribution in [2.24, 2.45) is 0 Å². The van der Waals surface area contributed by atoms with Crippen LogP contribution in [0.5, 0.6) is 0 Å². The lowest BCUT2D eigenvalue weighted by molar-refractivity contribution is 1.25. The molecule has 0 saturated carbocycles. The van der Waals surface area contributed by atoms with Crippen molar-refractivity contribution in [1.82, 2.24) is 0 Å². The number of anilines is 6. The first-order valence-corrected chi connectivity index (χ1v) is 19.4. The smallest absolute Gasteiger partial charge is 0.252 e. The lowest BCUT2D eigenvalue weighted by Crippen LogP contribution is -2.65. The summed E-state index contributed by atoms with van der Waals surface area (Å²) < 4.78 is 0. The second-order valence-electron chi connectivity index (χ2n) is 13.8. The Bertz CT molecular complexity index is 2100. The standard InChI is InChI=1S/C42H39BN2Si/c1-28-12-18-32(19-13-28)44-37-22-16-30(3)26-35(37)43-36-27-31(4)17-23-38(36)45(33-20-14-29(2)15-21-33)42-40(25-24-39(44)41(42)43)46(5,6)34-10-8-7-9-11-34/h7-27H,1-6H3. The molecule has 46 heavy (non-hydrogen) atoms. The third-order valence-electron chi connectivity index (χ3n) is 10.2. The minimum atomic E-state index is -2.17. The number of fused-ring (bicyclic) bond motifs is 4. The maximum Gasteiger partial charge on any atom is 0.252 e. The molecule has 0 saturated heterocycles. The van der Waals surface area contributed by atoms with E-state index in [0.717, 1.165) is 0 Å². The quantitative estimate of drug-likeness (QED) is 0.188. The van der Waals surface area contributed by atoms with Gasteiger partial charge in [0.15, 0.2) is 0 Å². The fourth-order valence-electron chi connectivity index (χ4n) is 7.71. The molecule has 2 nitrogen and oxygen atoms in total. The van der Waals surface area contributed by atoms with Gasteiger partial charge < -0.3 is 9.80 Å². The zero-order chi connectivity index (χ0) is 31.7. The molecule has 0 amide bonds. The minimum Gasteiger partial charge on any atom is -0.312 e. The molecule has 6 aromatic carbocycles. The number of nitrogens with zero attached hydrogens (tertiary/aromatic N) is 2. The molecule has 0 radical (unpaired) electrons. The topological polar surface area (TPSA) is 6.48 Å². The molecule has 0 aromatic heterocycles. The highest BCUT2D eigenvalue weighted by atomic mass is 28.3. The summed E-state index contributed by atoms with van der Waals surface area (Å²) in [4.78, 5) is 5.10. The average Bonchev–Trinajstić information content (AvgIpc) is 3.06. The van der Waals surface area contributed by atoms with Gasteiger partial charge in [-0.15, -0.1) is 0 Å². The molecule has 2 heterocycles. The molecule has 8 rings (SSSR count). The van der Waals surface area contributed by atoms with E-state index >= 15 is 0 Å². The van der Waals surface area contributed by atoms with Gasteiger partial charge in [0.2, 0.25) is 0 Å². The van der Waals surface area contributed by atoms with Gasteiger partial charge in [0.25, 0.3) is 6.71 Å². The van der Waals surface area contributed by atoms with E-state index < -0.39 is 8.07 Å². The summed E-state index contributed by atoms with van der Waals surface area (Å²) >= 11 is 0. The van der Waals surface area contributed by atoms with E-state index in [2.05, 4.69) is 178 Å². The monoisotopic (exact) mass is 610 g/mol. The first-order chi connectivity index (χ1) is 22.2. The van der Waals surface area contributed by atoms with Crippen molar-refractivity contribution in [2.45, 2.75) is 40.8 Å². The summed E-state index contributed by atoms with van der Waals surface area (Å²) in [5, 5.41) is 2.91. The van der Waals surface area contributed by atoms with Crippen molar-refractivity contribution in [3.63, 3.8) is 0 Å². The zero-order valence-electron chi connectivity index (χ0n) is 27.6. The molecule has 0 bridgehead atoms. The molecular weight excluding hydrogens is 571 g/mol. The second-order valence-corrected chi connectivity index (χ2v) is 18.2. The van der Waals surface area contributed by atoms with Crippen LogP contribution in [0, 0.1) is 27.7 Å². The van der Waals surface area contributed by atoms with Crippen LogP contribution in [0.25, 0.3) is 0 Å². The van der Waals surface area contributed by atoms with Gasteiger partial charge in [-0.3, -0.25) is 0 Å². The van der Waals surface area contributed by atoms with Crippen molar-refractivity contribution in [3.05, 3.63) is 150 Å². The highest BCUT2D eigenvalue weighted by Crippen LogP contribution is 2.44. The van der Waals surface area contributed by atoms with Gasteiger partial charge in [-0.2, -0.15) is 0 Å². The summed E-state index contributed by atoms with van der Waals surface area (Å²) in [5.74, 6) is 0. The van der Waals surface area contributed by atoms with E-state index in [1.807, 2.05) is 0 Å². The van der Waals surface area contributed by atoms with Crippen LogP contribution in [0.4, 0.5) is 34.1 Å². The number of hydrogen-bond acceptors (Lipinski definition) is 2. The molecule has 0 unspecified atom stereocenters. The van der Waals surface area contributed by atoms with Crippen molar-refractivity contribution in [1.29, 1.82) is 0 Å². The Morgan fingerprint density at radius 3 is 1.52 bits per heavy atom. The largest absolute Gasteiger partial charge is 0.312 e. The van der Waals surface area contributed by atoms with Crippen LogP contribution in [-0.4, -0.2) is 14.8 Å². The Hall–Kier alpha value is -4.80. The molecule has 2 aliphatic rings. The van der Waals surface area contributed by atoms with Gasteiger partial charge in [0, 0.05) is 34.1 Å². The van der Waals surface area contributed by atoms with E-state index in [1.54, 1.807) is 0 Å². The fraction of sp³-hybridized carbons (Fsp3) is 0.143. The Morgan fingerprint density at radius 2 is 0.957 bits per heavy atom. The zero-order valence-corrected chi connectivity index (χ0v) is 28.6. The van der Waals surface area contributed by atoms with Gasteiger partial charge in [0.1, 0.15) is 8.07 Å². The van der Waals surface area contributed by atoms with E-state index in [4.69, 9.17) is 0 Å². The summed E-state index contributed by atoms with van der Waals surface area (Å²) in [6.45, 7) is 14.0. The normalized spacial score (nSPS) is 13.3. The first kappa shape index (κ1) is 28.7. The number of hydrogen-bond donors (Lipinski definition) is 0. The van der Waals surface area contributed by atoms with Crippen LogP contribution in [0.3, 0.4) is 0 Å². The van der Waals surface area contributed by atoms with Crippen LogP contribution in [0.1, 0.15) is 22.3 Å². The van der Waals surface area contributed by atoms with Gasteiger partial charge in [-0.1, -0.05) is 125 Å². The minimum absolute atomic E-state index is 0.124. The molecule has 0 aliphatic carbocycles. The van der Waals surface area contributed by atoms with E-state index in [-0.39, 0.29) is 6.71 Å². The molecule has 0 spiro atoms. The summed E-state index contributed by atoms with van der Waals surface area (Å²) in [5.41, 5.74) is 16.8. The van der Waals surface area contributed by atoms with Crippen LogP contribution in [0.15, 0.2) is 127 Å². The van der Waals surface area contributed by atoms with Gasteiger partial charge in [0.05, 0.1) is 0 Å². The fourth-order valence-corrected chi connectivity index (χ4v) is 10.4. The number of rotatable bonds is 4. The average molecular weight is 611 g/mol. The van der Waals surface area contributed by atoms with Gasteiger partial charge in [-0.05, 0) is 91.7 Å². The van der Waals surface area contributed by atoms with Crippen LogP contribution in [-0.2, 0) is 0 Å². The summed E-state index contributed by atoms with van der Waals surface area (Å²) in [7, 11) is -2.17. The molecule has 0 N–H and O–H groups in total. The highest BCUT2D eigenvalue weighted by Gasteiger charge is 2.46. The van der Waals surface area contributed by atoms with Crippen LogP contribution in [0.2, 0.25) is 13.1 Å². The van der Waals surface area contributed by atoms with Gasteiger partial charge >= 0.3 is 0 Å². The Labute approximate surface area is 275 Å². The lowest BCUT2D eigenvalue weighted by Gasteiger charge is -2.46. The van der Waals surface area contributed by atoms with E-state index in [0.29, 0.717) is 0 Å². The molecular formula is C42H39BN2Si. The predicted molar refractivity (Wildman–Crippen MR) is 203 cm³/mol. The first-order valence-electron chi connectivity index (χ1n) is 16.4. The third kappa shape index (κ3) is 4.39. The van der Waals surface area contributed by atoms with Crippen molar-refractivity contribution >= 4 is 75.7 Å². The SMILES string of the molecule is Cc1ccc(N2c3ccc(C)cc3B3c4cc(C)ccc4N(c4ccc(C)cc4)c4c([Si](C)(C)c5ccccc5)ccc2c43)cc1. The Kier molecular flexibility index (Phi) is 6.63. The predicted octanol–water partition coefficient (Wildman–Crippen LogP) is 7.83. The maximum absolute atomic E-state index is 2.59.